The van der Waals surface area contributed by atoms with Gasteiger partial charge in [-0.15, -0.1) is 11.8 Å². The Kier molecular flexibility index (Phi) is 5.21. The van der Waals surface area contributed by atoms with Gasteiger partial charge in [0.2, 0.25) is 5.91 Å². The third-order valence-corrected chi connectivity index (χ3v) is 2.73. The Morgan fingerprint density at radius 2 is 2.00 bits per heavy atom. The molecule has 15 heavy (non-hydrogen) atoms. The van der Waals surface area contributed by atoms with Gasteiger partial charge in [0.25, 0.3) is 0 Å². The molecule has 0 heterocycles. The number of amides is 1. The van der Waals surface area contributed by atoms with Gasteiger partial charge >= 0.3 is 0 Å². The molecule has 0 aliphatic rings. The average Bonchev–Trinajstić information content (AvgIpc) is 2.27. The van der Waals surface area contributed by atoms with Gasteiger partial charge in [-0.3, -0.25) is 4.79 Å². The summed E-state index contributed by atoms with van der Waals surface area (Å²) in [4.78, 5) is 12.4. The molecule has 0 saturated heterocycles. The van der Waals surface area contributed by atoms with Gasteiger partial charge in [0.1, 0.15) is 0 Å². The molecular formula is C11H16N2OS. The van der Waals surface area contributed by atoms with E-state index in [1.165, 1.54) is 4.90 Å². The van der Waals surface area contributed by atoms with Crippen LogP contribution in [0.3, 0.4) is 0 Å². The van der Waals surface area contributed by atoms with E-state index in [2.05, 4.69) is 22.8 Å². The van der Waals surface area contributed by atoms with Gasteiger partial charge in [0.05, 0.1) is 6.54 Å². The Balaban J connectivity index is 2.40. The van der Waals surface area contributed by atoms with Crippen LogP contribution in [0, 0.1) is 0 Å². The summed E-state index contributed by atoms with van der Waals surface area (Å²) in [5.74, 6) is 0.0199. The van der Waals surface area contributed by atoms with Gasteiger partial charge in [0.15, 0.2) is 0 Å². The van der Waals surface area contributed by atoms with Gasteiger partial charge in [-0.25, -0.2) is 0 Å². The third-order valence-electron chi connectivity index (χ3n) is 1.99. The van der Waals surface area contributed by atoms with Crippen molar-refractivity contribution in [3.05, 3.63) is 29.8 Å². The van der Waals surface area contributed by atoms with E-state index in [9.17, 15) is 4.79 Å². The lowest BCUT2D eigenvalue weighted by Gasteiger charge is -2.05. The summed E-state index contributed by atoms with van der Waals surface area (Å²) in [6, 6.07) is 8.19. The van der Waals surface area contributed by atoms with Crippen molar-refractivity contribution in [1.29, 1.82) is 0 Å². The van der Waals surface area contributed by atoms with Crippen LogP contribution in [0.15, 0.2) is 29.2 Å². The molecule has 0 bridgehead atoms. The first-order chi connectivity index (χ1) is 7.26. The fraction of sp³-hybridized carbons (Fsp3) is 0.364. The molecule has 82 valence electrons. The molecule has 2 N–H and O–H groups in total. The summed E-state index contributed by atoms with van der Waals surface area (Å²) < 4.78 is 0. The van der Waals surface area contributed by atoms with Crippen LogP contribution in [0.2, 0.25) is 0 Å². The minimum atomic E-state index is 0.0199. The number of thioether (sulfide) groups is 1. The zero-order valence-corrected chi connectivity index (χ0v) is 9.86. The van der Waals surface area contributed by atoms with Crippen molar-refractivity contribution in [3.63, 3.8) is 0 Å². The first-order valence-corrected chi connectivity index (χ1v) is 6.03. The lowest BCUT2D eigenvalue weighted by molar-refractivity contribution is -0.120. The molecule has 1 aromatic carbocycles. The van der Waals surface area contributed by atoms with E-state index in [0.29, 0.717) is 13.1 Å². The second kappa shape index (κ2) is 6.48. The Labute approximate surface area is 94.6 Å². The van der Waals surface area contributed by atoms with Gasteiger partial charge in [-0.2, -0.15) is 0 Å². The van der Waals surface area contributed by atoms with Gasteiger partial charge in [0, 0.05) is 11.4 Å². The van der Waals surface area contributed by atoms with Crippen molar-refractivity contribution < 1.29 is 4.79 Å². The highest BCUT2D eigenvalue weighted by Gasteiger charge is 1.98. The lowest BCUT2D eigenvalue weighted by atomic mass is 10.2. The van der Waals surface area contributed by atoms with Crippen LogP contribution in [0.4, 0.5) is 0 Å². The van der Waals surface area contributed by atoms with Crippen LogP contribution in [0.5, 0.6) is 0 Å². The van der Waals surface area contributed by atoms with Crippen molar-refractivity contribution in [3.8, 4) is 0 Å². The van der Waals surface area contributed by atoms with Gasteiger partial charge in [-0.1, -0.05) is 12.1 Å². The Hall–Kier alpha value is -1.00. The summed E-state index contributed by atoms with van der Waals surface area (Å²) in [5.41, 5.74) is 1.12. The van der Waals surface area contributed by atoms with E-state index in [0.717, 1.165) is 5.56 Å². The smallest absolute Gasteiger partial charge is 0.234 e. The van der Waals surface area contributed by atoms with Gasteiger partial charge in [-0.05, 0) is 31.0 Å². The van der Waals surface area contributed by atoms with Crippen LogP contribution < -0.4 is 10.6 Å². The number of carbonyl (C=O) groups is 1. The molecule has 3 nitrogen and oxygen atoms in total. The lowest BCUT2D eigenvalue weighted by Crippen LogP contribution is -2.31. The second-order valence-corrected chi connectivity index (χ2v) is 4.03. The number of likely N-dealkylation sites (N-methyl/N-ethyl adjacent to an activating group) is 1. The largest absolute Gasteiger partial charge is 0.351 e. The number of rotatable bonds is 5. The first-order valence-electron chi connectivity index (χ1n) is 4.80. The Bertz CT molecular complexity index is 311. The van der Waals surface area contributed by atoms with Crippen molar-refractivity contribution in [1.82, 2.24) is 10.6 Å². The molecule has 1 rings (SSSR count). The van der Waals surface area contributed by atoms with Crippen molar-refractivity contribution in [2.45, 2.75) is 11.4 Å². The molecule has 0 fully saturated rings. The highest BCUT2D eigenvalue weighted by Crippen LogP contribution is 2.14. The van der Waals surface area contributed by atoms with Gasteiger partial charge < -0.3 is 10.6 Å². The molecule has 1 amide bonds. The van der Waals surface area contributed by atoms with Crippen molar-refractivity contribution in [2.75, 3.05) is 19.8 Å². The zero-order valence-electron chi connectivity index (χ0n) is 9.04. The molecule has 0 atom stereocenters. The summed E-state index contributed by atoms with van der Waals surface area (Å²) in [6.45, 7) is 0.956. The summed E-state index contributed by atoms with van der Waals surface area (Å²) >= 11 is 1.71. The molecule has 0 aliphatic heterocycles. The normalized spacial score (nSPS) is 10.0. The minimum absolute atomic E-state index is 0.0199. The predicted molar refractivity (Wildman–Crippen MR) is 64.0 cm³/mol. The van der Waals surface area contributed by atoms with Crippen LogP contribution >= 0.6 is 11.8 Å². The number of benzene rings is 1. The van der Waals surface area contributed by atoms with Crippen LogP contribution in [-0.2, 0) is 11.3 Å². The topological polar surface area (TPSA) is 41.1 Å². The number of nitrogens with one attached hydrogen (secondary N) is 2. The number of carbonyl (C=O) groups excluding carboxylic acids is 1. The van der Waals surface area contributed by atoms with Crippen molar-refractivity contribution in [2.24, 2.45) is 0 Å². The van der Waals surface area contributed by atoms with E-state index >= 15 is 0 Å². The third kappa shape index (κ3) is 4.36. The average molecular weight is 224 g/mol. The van der Waals surface area contributed by atoms with E-state index in [4.69, 9.17) is 0 Å². The van der Waals surface area contributed by atoms with Crippen LogP contribution in [0.1, 0.15) is 5.56 Å². The Morgan fingerprint density at radius 3 is 2.53 bits per heavy atom. The molecule has 4 heteroatoms. The van der Waals surface area contributed by atoms with Crippen LogP contribution in [-0.4, -0.2) is 25.8 Å². The maximum atomic E-state index is 11.2. The monoisotopic (exact) mass is 224 g/mol. The maximum absolute atomic E-state index is 11.2. The fourth-order valence-corrected chi connectivity index (χ4v) is 1.58. The molecule has 0 radical (unpaired) electrons. The van der Waals surface area contributed by atoms with E-state index in [1.807, 2.05) is 18.4 Å². The minimum Gasteiger partial charge on any atom is -0.351 e. The van der Waals surface area contributed by atoms with Crippen LogP contribution in [0.25, 0.3) is 0 Å². The number of hydrogen-bond acceptors (Lipinski definition) is 3. The quantitative estimate of drug-likeness (QED) is 0.739. The number of hydrogen-bond donors (Lipinski definition) is 2. The molecule has 0 unspecified atom stereocenters. The first kappa shape index (κ1) is 12.1. The maximum Gasteiger partial charge on any atom is 0.234 e. The SMILES string of the molecule is CNCC(=O)NCc1ccc(SC)cc1. The summed E-state index contributed by atoms with van der Waals surface area (Å²) in [5, 5.41) is 5.64. The molecule has 0 spiro atoms. The zero-order chi connectivity index (χ0) is 11.1. The molecule has 0 aliphatic carbocycles. The van der Waals surface area contributed by atoms with E-state index in [-0.39, 0.29) is 5.91 Å². The standard InChI is InChI=1S/C11H16N2OS/c1-12-8-11(14)13-7-9-3-5-10(15-2)6-4-9/h3-6,12H,7-8H2,1-2H3,(H,13,14). The van der Waals surface area contributed by atoms with E-state index in [1.54, 1.807) is 18.8 Å². The summed E-state index contributed by atoms with van der Waals surface area (Å²) in [7, 11) is 1.76. The molecular weight excluding hydrogens is 208 g/mol. The van der Waals surface area contributed by atoms with E-state index < -0.39 is 0 Å². The highest BCUT2D eigenvalue weighted by molar-refractivity contribution is 7.98. The molecule has 0 aromatic heterocycles. The van der Waals surface area contributed by atoms with Crippen molar-refractivity contribution >= 4 is 17.7 Å². The second-order valence-electron chi connectivity index (χ2n) is 3.16. The fourth-order valence-electron chi connectivity index (χ4n) is 1.17. The highest BCUT2D eigenvalue weighted by atomic mass is 32.2. The Morgan fingerprint density at radius 1 is 1.33 bits per heavy atom. The molecule has 0 saturated carbocycles. The predicted octanol–water partition coefficient (Wildman–Crippen LogP) is 1.24. The molecule has 1 aromatic rings. The summed E-state index contributed by atoms with van der Waals surface area (Å²) in [6.07, 6.45) is 2.05.